The van der Waals surface area contributed by atoms with E-state index in [-0.39, 0.29) is 17.6 Å². The zero-order valence-electron chi connectivity index (χ0n) is 18.5. The molecule has 1 amide bonds. The van der Waals surface area contributed by atoms with Gasteiger partial charge in [0.15, 0.2) is 0 Å². The van der Waals surface area contributed by atoms with Crippen LogP contribution in [0.4, 0.5) is 4.39 Å². The summed E-state index contributed by atoms with van der Waals surface area (Å²) in [5, 5.41) is 3.12. The predicted molar refractivity (Wildman–Crippen MR) is 128 cm³/mol. The second-order valence-electron chi connectivity index (χ2n) is 8.57. The molecule has 166 valence electrons. The van der Waals surface area contributed by atoms with E-state index in [4.69, 9.17) is 0 Å². The van der Waals surface area contributed by atoms with Gasteiger partial charge in [-0.05, 0) is 61.5 Å². The van der Waals surface area contributed by atoms with Crippen molar-refractivity contribution in [2.24, 2.45) is 5.92 Å². The van der Waals surface area contributed by atoms with Crippen LogP contribution in [0.2, 0.25) is 0 Å². The summed E-state index contributed by atoms with van der Waals surface area (Å²) in [6.45, 7) is 3.27. The van der Waals surface area contributed by atoms with Crippen LogP contribution >= 0.6 is 0 Å². The smallest absolute Gasteiger partial charge is 0.223 e. The Kier molecular flexibility index (Phi) is 7.68. The summed E-state index contributed by atoms with van der Waals surface area (Å²) in [5.74, 6) is 0.0804. The maximum Gasteiger partial charge on any atom is 0.223 e. The largest absolute Gasteiger partial charge is 0.356 e. The van der Waals surface area contributed by atoms with Crippen molar-refractivity contribution in [1.82, 2.24) is 10.2 Å². The number of carbonyl (C=O) groups is 1. The zero-order chi connectivity index (χ0) is 22.2. The lowest BCUT2D eigenvalue weighted by atomic mass is 9.94. The van der Waals surface area contributed by atoms with Crippen molar-refractivity contribution in [3.8, 4) is 11.1 Å². The average molecular weight is 431 g/mol. The lowest BCUT2D eigenvalue weighted by molar-refractivity contribution is -0.126. The van der Waals surface area contributed by atoms with E-state index in [9.17, 15) is 9.18 Å². The maximum absolute atomic E-state index is 14.3. The van der Waals surface area contributed by atoms with Crippen LogP contribution in [0.5, 0.6) is 0 Å². The molecule has 0 spiro atoms. The second-order valence-corrected chi connectivity index (χ2v) is 8.57. The van der Waals surface area contributed by atoms with E-state index in [2.05, 4.69) is 40.5 Å². The third-order valence-electron chi connectivity index (χ3n) is 6.32. The number of halogens is 1. The van der Waals surface area contributed by atoms with Crippen molar-refractivity contribution in [2.45, 2.75) is 32.2 Å². The predicted octanol–water partition coefficient (Wildman–Crippen LogP) is 5.45. The van der Waals surface area contributed by atoms with Gasteiger partial charge in [-0.25, -0.2) is 4.39 Å². The van der Waals surface area contributed by atoms with Gasteiger partial charge in [0.25, 0.3) is 0 Å². The number of benzene rings is 3. The minimum Gasteiger partial charge on any atom is -0.356 e. The molecule has 1 heterocycles. The number of carbonyl (C=O) groups excluding carboxylic acids is 1. The summed E-state index contributed by atoms with van der Waals surface area (Å²) in [7, 11) is 0. The molecule has 1 saturated heterocycles. The average Bonchev–Trinajstić information content (AvgIpc) is 2.84. The van der Waals surface area contributed by atoms with Crippen LogP contribution in [0.25, 0.3) is 11.1 Å². The highest BCUT2D eigenvalue weighted by molar-refractivity contribution is 5.78. The number of nitrogens with zero attached hydrogens (tertiary/aromatic N) is 1. The third-order valence-corrected chi connectivity index (χ3v) is 6.32. The van der Waals surface area contributed by atoms with Crippen molar-refractivity contribution in [1.29, 1.82) is 0 Å². The molecule has 1 N–H and O–H groups in total. The van der Waals surface area contributed by atoms with Crippen LogP contribution in [0, 0.1) is 11.7 Å². The van der Waals surface area contributed by atoms with Gasteiger partial charge in [0, 0.05) is 24.6 Å². The van der Waals surface area contributed by atoms with Crippen LogP contribution in [-0.4, -0.2) is 30.4 Å². The molecule has 3 aromatic rings. The summed E-state index contributed by atoms with van der Waals surface area (Å²) in [5.41, 5.74) is 4.03. The first-order valence-corrected chi connectivity index (χ1v) is 11.6. The molecule has 3 nitrogen and oxygen atoms in total. The Morgan fingerprint density at radius 1 is 0.875 bits per heavy atom. The Hall–Kier alpha value is -2.98. The van der Waals surface area contributed by atoms with Crippen LogP contribution in [0.1, 0.15) is 30.4 Å². The fraction of sp³-hybridized carbons (Fsp3) is 0.321. The topological polar surface area (TPSA) is 32.3 Å². The number of hydrogen-bond acceptors (Lipinski definition) is 2. The zero-order valence-corrected chi connectivity index (χ0v) is 18.5. The van der Waals surface area contributed by atoms with Gasteiger partial charge in [-0.1, -0.05) is 72.8 Å². The summed E-state index contributed by atoms with van der Waals surface area (Å²) in [4.78, 5) is 15.0. The van der Waals surface area contributed by atoms with Crippen molar-refractivity contribution >= 4 is 5.91 Å². The van der Waals surface area contributed by atoms with Crippen molar-refractivity contribution in [3.63, 3.8) is 0 Å². The van der Waals surface area contributed by atoms with Crippen molar-refractivity contribution < 1.29 is 9.18 Å². The Bertz CT molecular complexity index is 1010. The van der Waals surface area contributed by atoms with E-state index in [0.29, 0.717) is 5.56 Å². The van der Waals surface area contributed by atoms with E-state index < -0.39 is 0 Å². The molecule has 4 rings (SSSR count). The summed E-state index contributed by atoms with van der Waals surface area (Å²) in [6, 6.07) is 25.4. The van der Waals surface area contributed by atoms with E-state index in [1.807, 2.05) is 36.4 Å². The third kappa shape index (κ3) is 5.83. The number of rotatable bonds is 8. The van der Waals surface area contributed by atoms with Crippen LogP contribution in [0.3, 0.4) is 0 Å². The molecule has 3 aromatic carbocycles. The molecule has 1 fully saturated rings. The van der Waals surface area contributed by atoms with Crippen molar-refractivity contribution in [2.75, 3.05) is 19.6 Å². The van der Waals surface area contributed by atoms with Gasteiger partial charge in [0.2, 0.25) is 5.91 Å². The van der Waals surface area contributed by atoms with Gasteiger partial charge < -0.3 is 5.32 Å². The SMILES string of the molecule is O=C(NCCCc1ccccc1)C1CCN(Cc2ccccc2-c2ccccc2F)CC1. The van der Waals surface area contributed by atoms with E-state index >= 15 is 0 Å². The first kappa shape index (κ1) is 22.2. The molecular formula is C28H31FN2O. The summed E-state index contributed by atoms with van der Waals surface area (Å²) >= 11 is 0. The summed E-state index contributed by atoms with van der Waals surface area (Å²) in [6.07, 6.45) is 3.68. The van der Waals surface area contributed by atoms with Gasteiger partial charge >= 0.3 is 0 Å². The second kappa shape index (κ2) is 11.1. The Balaban J connectivity index is 1.25. The number of amides is 1. The molecule has 4 heteroatoms. The molecular weight excluding hydrogens is 399 g/mol. The van der Waals surface area contributed by atoms with E-state index in [1.54, 1.807) is 6.07 Å². The first-order chi connectivity index (χ1) is 15.7. The Morgan fingerprint density at radius 3 is 2.28 bits per heavy atom. The minimum absolute atomic E-state index is 0.0878. The molecule has 0 unspecified atom stereocenters. The summed E-state index contributed by atoms with van der Waals surface area (Å²) < 4.78 is 14.3. The molecule has 0 bridgehead atoms. The van der Waals surface area contributed by atoms with Gasteiger partial charge in [0.1, 0.15) is 5.82 Å². The van der Waals surface area contributed by atoms with Crippen LogP contribution in [-0.2, 0) is 17.8 Å². The fourth-order valence-corrected chi connectivity index (χ4v) is 4.49. The molecule has 1 aliphatic rings. The molecule has 1 aliphatic heterocycles. The van der Waals surface area contributed by atoms with E-state index in [0.717, 1.165) is 63.0 Å². The first-order valence-electron chi connectivity index (χ1n) is 11.6. The van der Waals surface area contributed by atoms with Crippen molar-refractivity contribution in [3.05, 3.63) is 95.8 Å². The minimum atomic E-state index is -0.192. The molecule has 0 aliphatic carbocycles. The maximum atomic E-state index is 14.3. The Morgan fingerprint density at radius 2 is 1.53 bits per heavy atom. The van der Waals surface area contributed by atoms with Gasteiger partial charge in [0.05, 0.1) is 0 Å². The highest BCUT2D eigenvalue weighted by Crippen LogP contribution is 2.28. The number of piperidine rings is 1. The number of aryl methyl sites for hydroxylation is 1. The normalized spacial score (nSPS) is 14.9. The molecule has 0 atom stereocenters. The lowest BCUT2D eigenvalue weighted by Crippen LogP contribution is -2.40. The van der Waals surface area contributed by atoms with Crippen LogP contribution in [0.15, 0.2) is 78.9 Å². The number of likely N-dealkylation sites (tertiary alicyclic amines) is 1. The molecule has 0 saturated carbocycles. The quantitative estimate of drug-likeness (QED) is 0.482. The van der Waals surface area contributed by atoms with Gasteiger partial charge in [-0.2, -0.15) is 0 Å². The van der Waals surface area contributed by atoms with Gasteiger partial charge in [-0.3, -0.25) is 9.69 Å². The molecule has 32 heavy (non-hydrogen) atoms. The highest BCUT2D eigenvalue weighted by Gasteiger charge is 2.25. The van der Waals surface area contributed by atoms with Crippen LogP contribution < -0.4 is 5.32 Å². The number of nitrogens with one attached hydrogen (secondary N) is 1. The number of hydrogen-bond donors (Lipinski definition) is 1. The Labute approximate surface area is 190 Å². The van der Waals surface area contributed by atoms with Gasteiger partial charge in [-0.15, -0.1) is 0 Å². The fourth-order valence-electron chi connectivity index (χ4n) is 4.49. The molecule has 0 aromatic heterocycles. The van der Waals surface area contributed by atoms with E-state index in [1.165, 1.54) is 11.6 Å². The standard InChI is InChI=1S/C28H31FN2O/c29-27-15-7-6-14-26(27)25-13-5-4-12-24(25)21-31-19-16-23(17-20-31)28(32)30-18-8-11-22-9-2-1-3-10-22/h1-7,9-10,12-15,23H,8,11,16-21H2,(H,30,32). The molecule has 0 radical (unpaired) electrons. The monoisotopic (exact) mass is 430 g/mol. The lowest BCUT2D eigenvalue weighted by Gasteiger charge is -2.31. The highest BCUT2D eigenvalue weighted by atomic mass is 19.1.